The Morgan fingerprint density at radius 3 is 2.36 bits per heavy atom. The Kier molecular flexibility index (Phi) is 4.63. The van der Waals surface area contributed by atoms with Crippen LogP contribution < -0.4 is 21.1 Å². The number of aromatic nitrogens is 3. The van der Waals surface area contributed by atoms with Crippen molar-refractivity contribution in [3.8, 4) is 5.75 Å². The first-order valence-corrected chi connectivity index (χ1v) is 8.79. The maximum atomic E-state index is 6.33. The molecule has 4 rings (SSSR count). The first-order chi connectivity index (χ1) is 13.7. The summed E-state index contributed by atoms with van der Waals surface area (Å²) in [5.41, 5.74) is 10.1. The van der Waals surface area contributed by atoms with Crippen LogP contribution in [0.25, 0.3) is 10.9 Å². The molecule has 0 atom stereocenters. The van der Waals surface area contributed by atoms with Crippen molar-refractivity contribution in [2.24, 2.45) is 0 Å². The molecule has 2 aromatic heterocycles. The van der Waals surface area contributed by atoms with E-state index in [1.165, 1.54) is 6.33 Å². The van der Waals surface area contributed by atoms with Crippen molar-refractivity contribution in [2.75, 3.05) is 23.5 Å². The number of nitrogens with one attached hydrogen (secondary N) is 2. The zero-order valence-corrected chi connectivity index (χ0v) is 15.6. The number of nitrogens with two attached hydrogens (primary N) is 1. The lowest BCUT2D eigenvalue weighted by molar-refractivity contribution is 0.417. The molecule has 4 N–H and O–H groups in total. The Morgan fingerprint density at radius 1 is 0.857 bits per heavy atom. The number of pyridine rings is 1. The number of aryl methyl sites for hydroxylation is 1. The molecule has 0 aliphatic heterocycles. The van der Waals surface area contributed by atoms with E-state index < -0.39 is 0 Å². The van der Waals surface area contributed by atoms with Gasteiger partial charge in [0.15, 0.2) is 11.6 Å². The minimum Gasteiger partial charge on any atom is -0.495 e. The largest absolute Gasteiger partial charge is 0.495 e. The molecule has 7 nitrogen and oxygen atoms in total. The monoisotopic (exact) mass is 372 g/mol. The van der Waals surface area contributed by atoms with Gasteiger partial charge in [-0.05, 0) is 31.2 Å². The van der Waals surface area contributed by atoms with Gasteiger partial charge < -0.3 is 21.1 Å². The van der Waals surface area contributed by atoms with Crippen LogP contribution in [0.2, 0.25) is 0 Å². The maximum absolute atomic E-state index is 6.33. The number of methoxy groups -OCH3 is 1. The highest BCUT2D eigenvalue weighted by molar-refractivity contribution is 5.93. The molecule has 7 heteroatoms. The molecular formula is C21H20N6O. The molecular weight excluding hydrogens is 352 g/mol. The summed E-state index contributed by atoms with van der Waals surface area (Å²) in [6.45, 7) is 1.96. The van der Waals surface area contributed by atoms with Gasteiger partial charge in [0.25, 0.3) is 0 Å². The number of rotatable bonds is 5. The number of nitrogens with zero attached hydrogens (tertiary/aromatic N) is 3. The second-order valence-corrected chi connectivity index (χ2v) is 6.26. The molecule has 28 heavy (non-hydrogen) atoms. The number of hydrogen-bond donors (Lipinski definition) is 3. The molecule has 2 aromatic carbocycles. The molecule has 0 fully saturated rings. The summed E-state index contributed by atoms with van der Waals surface area (Å²) >= 11 is 0. The normalized spacial score (nSPS) is 10.6. The summed E-state index contributed by atoms with van der Waals surface area (Å²) in [4.78, 5) is 13.2. The van der Waals surface area contributed by atoms with E-state index in [1.807, 2.05) is 61.5 Å². The van der Waals surface area contributed by atoms with Crippen molar-refractivity contribution in [1.82, 2.24) is 15.0 Å². The molecule has 0 unspecified atom stereocenters. The zero-order valence-electron chi connectivity index (χ0n) is 15.6. The molecule has 140 valence electrons. The van der Waals surface area contributed by atoms with Crippen LogP contribution in [0.5, 0.6) is 5.75 Å². The van der Waals surface area contributed by atoms with Crippen LogP contribution in [0.15, 0.2) is 60.9 Å². The second kappa shape index (κ2) is 7.40. The van der Waals surface area contributed by atoms with Gasteiger partial charge in [0.1, 0.15) is 17.8 Å². The molecule has 0 spiro atoms. The molecule has 0 bridgehead atoms. The highest BCUT2D eigenvalue weighted by Gasteiger charge is 2.12. The quantitative estimate of drug-likeness (QED) is 0.477. The van der Waals surface area contributed by atoms with Crippen molar-refractivity contribution in [3.05, 3.63) is 66.6 Å². The SMILES string of the molecule is COc1ccccc1Nc1ncnc(Nc2cccc3ccc(C)nc23)c1N. The Bertz CT molecular complexity index is 1140. The van der Waals surface area contributed by atoms with E-state index in [4.69, 9.17) is 10.5 Å². The second-order valence-electron chi connectivity index (χ2n) is 6.26. The third kappa shape index (κ3) is 3.37. The van der Waals surface area contributed by atoms with Gasteiger partial charge in [0.2, 0.25) is 0 Å². The number of hydrogen-bond acceptors (Lipinski definition) is 7. The summed E-state index contributed by atoms with van der Waals surface area (Å²) in [6, 6.07) is 17.5. The van der Waals surface area contributed by atoms with Gasteiger partial charge in [-0.25, -0.2) is 9.97 Å². The summed E-state index contributed by atoms with van der Waals surface area (Å²) in [6.07, 6.45) is 1.46. The molecule has 4 aromatic rings. The number of fused-ring (bicyclic) bond motifs is 1. The Balaban J connectivity index is 1.69. The first kappa shape index (κ1) is 17.5. The molecule has 2 heterocycles. The van der Waals surface area contributed by atoms with Gasteiger partial charge in [0, 0.05) is 11.1 Å². The van der Waals surface area contributed by atoms with E-state index in [0.717, 1.165) is 28.0 Å². The van der Waals surface area contributed by atoms with E-state index in [0.29, 0.717) is 23.1 Å². The van der Waals surface area contributed by atoms with Gasteiger partial charge in [-0.3, -0.25) is 4.98 Å². The van der Waals surface area contributed by atoms with E-state index in [9.17, 15) is 0 Å². The zero-order chi connectivity index (χ0) is 19.5. The Morgan fingerprint density at radius 2 is 1.57 bits per heavy atom. The predicted octanol–water partition coefficient (Wildman–Crippen LogP) is 4.41. The average Bonchev–Trinajstić information content (AvgIpc) is 2.71. The fraction of sp³-hybridized carbons (Fsp3) is 0.0952. The van der Waals surface area contributed by atoms with Crippen LogP contribution in [0, 0.1) is 6.92 Å². The molecule has 0 saturated carbocycles. The van der Waals surface area contributed by atoms with Crippen LogP contribution in [0.1, 0.15) is 5.69 Å². The van der Waals surface area contributed by atoms with Gasteiger partial charge in [-0.15, -0.1) is 0 Å². The Labute approximate surface area is 162 Å². The minimum atomic E-state index is 0.401. The van der Waals surface area contributed by atoms with Crippen molar-refractivity contribution >= 4 is 39.6 Å². The maximum Gasteiger partial charge on any atom is 0.159 e. The average molecular weight is 372 g/mol. The number of nitrogen functional groups attached to an aromatic ring is 1. The summed E-state index contributed by atoms with van der Waals surface area (Å²) < 4.78 is 5.37. The highest BCUT2D eigenvalue weighted by atomic mass is 16.5. The fourth-order valence-corrected chi connectivity index (χ4v) is 2.94. The summed E-state index contributed by atoms with van der Waals surface area (Å²) in [7, 11) is 1.62. The summed E-state index contributed by atoms with van der Waals surface area (Å²) in [5, 5.41) is 7.53. The molecule has 0 aliphatic carbocycles. The van der Waals surface area contributed by atoms with Gasteiger partial charge in [-0.1, -0.05) is 30.3 Å². The predicted molar refractivity (Wildman–Crippen MR) is 112 cm³/mol. The van der Waals surface area contributed by atoms with Gasteiger partial charge in [-0.2, -0.15) is 0 Å². The number of ether oxygens (including phenoxy) is 1. The standard InChI is InChI=1S/C21H20N6O/c1-13-10-11-14-6-5-8-16(19(14)25-13)27-21-18(22)20(23-12-24-21)26-15-7-3-4-9-17(15)28-2/h3-12H,22H2,1-2H3,(H2,23,24,26,27). The number of para-hydroxylation sites is 3. The third-order valence-electron chi connectivity index (χ3n) is 4.36. The van der Waals surface area contributed by atoms with E-state index in [2.05, 4.69) is 25.6 Å². The van der Waals surface area contributed by atoms with Crippen molar-refractivity contribution in [2.45, 2.75) is 6.92 Å². The number of benzene rings is 2. The fourth-order valence-electron chi connectivity index (χ4n) is 2.94. The highest BCUT2D eigenvalue weighted by Crippen LogP contribution is 2.33. The van der Waals surface area contributed by atoms with Crippen LogP contribution >= 0.6 is 0 Å². The molecule has 0 amide bonds. The lowest BCUT2D eigenvalue weighted by Crippen LogP contribution is -2.06. The van der Waals surface area contributed by atoms with Crippen LogP contribution in [-0.2, 0) is 0 Å². The van der Waals surface area contributed by atoms with Crippen LogP contribution in [0.4, 0.5) is 28.7 Å². The smallest absolute Gasteiger partial charge is 0.159 e. The molecule has 0 saturated heterocycles. The molecule has 0 radical (unpaired) electrons. The van der Waals surface area contributed by atoms with Crippen molar-refractivity contribution in [1.29, 1.82) is 0 Å². The lowest BCUT2D eigenvalue weighted by atomic mass is 10.1. The lowest BCUT2D eigenvalue weighted by Gasteiger charge is -2.15. The Hall–Kier alpha value is -3.87. The third-order valence-corrected chi connectivity index (χ3v) is 4.36. The number of anilines is 5. The molecule has 0 aliphatic rings. The first-order valence-electron chi connectivity index (χ1n) is 8.79. The van der Waals surface area contributed by atoms with Crippen molar-refractivity contribution in [3.63, 3.8) is 0 Å². The minimum absolute atomic E-state index is 0.401. The van der Waals surface area contributed by atoms with Gasteiger partial charge >= 0.3 is 0 Å². The van der Waals surface area contributed by atoms with Gasteiger partial charge in [0.05, 0.1) is 24.0 Å². The van der Waals surface area contributed by atoms with Crippen LogP contribution in [-0.4, -0.2) is 22.1 Å². The van der Waals surface area contributed by atoms with Crippen molar-refractivity contribution < 1.29 is 4.74 Å². The van der Waals surface area contributed by atoms with E-state index in [1.54, 1.807) is 7.11 Å². The van der Waals surface area contributed by atoms with E-state index >= 15 is 0 Å². The summed E-state index contributed by atoms with van der Waals surface area (Å²) in [5.74, 6) is 1.69. The topological polar surface area (TPSA) is 98.0 Å². The van der Waals surface area contributed by atoms with E-state index in [-0.39, 0.29) is 0 Å². The van der Waals surface area contributed by atoms with Crippen LogP contribution in [0.3, 0.4) is 0 Å².